The van der Waals surface area contributed by atoms with Crippen LogP contribution in [-0.4, -0.2) is 17.1 Å². The van der Waals surface area contributed by atoms with Crippen molar-refractivity contribution in [2.24, 2.45) is 5.73 Å². The summed E-state index contributed by atoms with van der Waals surface area (Å²) in [6, 6.07) is 8.16. The number of hydrogen-bond donors (Lipinski definition) is 2. The van der Waals surface area contributed by atoms with Gasteiger partial charge in [-0.2, -0.15) is 0 Å². The predicted octanol–water partition coefficient (Wildman–Crippen LogP) is 3.15. The van der Waals surface area contributed by atoms with Gasteiger partial charge in [-0.15, -0.1) is 0 Å². The van der Waals surface area contributed by atoms with Gasteiger partial charge in [0.2, 0.25) is 0 Å². The van der Waals surface area contributed by atoms with Crippen LogP contribution < -0.4 is 11.1 Å². The van der Waals surface area contributed by atoms with Crippen molar-refractivity contribution in [1.29, 1.82) is 0 Å². The molecule has 1 aromatic carbocycles. The number of fused-ring (bicyclic) bond motifs is 1. The van der Waals surface area contributed by atoms with Crippen LogP contribution in [0.4, 0.5) is 5.69 Å². The molecule has 3 N–H and O–H groups in total. The van der Waals surface area contributed by atoms with Crippen LogP contribution >= 0.6 is 15.9 Å². The lowest BCUT2D eigenvalue weighted by Crippen LogP contribution is -2.39. The molecular formula is C13H16BrN3. The third-order valence-electron chi connectivity index (χ3n) is 2.66. The van der Waals surface area contributed by atoms with Crippen LogP contribution in [0.1, 0.15) is 13.8 Å². The van der Waals surface area contributed by atoms with Gasteiger partial charge in [0.05, 0.1) is 11.2 Å². The predicted molar refractivity (Wildman–Crippen MR) is 76.2 cm³/mol. The molecular weight excluding hydrogens is 278 g/mol. The van der Waals surface area contributed by atoms with E-state index >= 15 is 0 Å². The van der Waals surface area contributed by atoms with Gasteiger partial charge in [-0.05, 0) is 41.9 Å². The SMILES string of the molecule is CC(C)(CN)Nc1cccc2cc(Br)cnc12. The maximum absolute atomic E-state index is 5.73. The average Bonchev–Trinajstić information content (AvgIpc) is 2.28. The van der Waals surface area contributed by atoms with Gasteiger partial charge in [0.1, 0.15) is 0 Å². The van der Waals surface area contributed by atoms with Crippen molar-refractivity contribution in [2.45, 2.75) is 19.4 Å². The van der Waals surface area contributed by atoms with Gasteiger partial charge in [-0.3, -0.25) is 4.98 Å². The van der Waals surface area contributed by atoms with Gasteiger partial charge < -0.3 is 11.1 Å². The van der Waals surface area contributed by atoms with Crippen molar-refractivity contribution in [2.75, 3.05) is 11.9 Å². The van der Waals surface area contributed by atoms with E-state index in [1.807, 2.05) is 24.4 Å². The summed E-state index contributed by atoms with van der Waals surface area (Å²) in [7, 11) is 0. The third kappa shape index (κ3) is 2.76. The molecule has 2 aromatic rings. The fourth-order valence-corrected chi connectivity index (χ4v) is 2.00. The van der Waals surface area contributed by atoms with Gasteiger partial charge in [0.25, 0.3) is 0 Å². The molecule has 0 atom stereocenters. The molecule has 0 radical (unpaired) electrons. The minimum atomic E-state index is -0.136. The van der Waals surface area contributed by atoms with Gasteiger partial charge >= 0.3 is 0 Å². The number of nitrogens with one attached hydrogen (secondary N) is 1. The standard InChI is InChI=1S/C13H16BrN3/c1-13(2,8-15)17-11-5-3-4-9-6-10(14)7-16-12(9)11/h3-7,17H,8,15H2,1-2H3. The van der Waals surface area contributed by atoms with Crippen LogP contribution in [0.25, 0.3) is 10.9 Å². The van der Waals surface area contributed by atoms with Crippen LogP contribution in [-0.2, 0) is 0 Å². The Hall–Kier alpha value is -1.13. The van der Waals surface area contributed by atoms with E-state index in [1.165, 1.54) is 0 Å². The number of nitrogens with two attached hydrogens (primary N) is 1. The molecule has 4 heteroatoms. The second-order valence-electron chi connectivity index (χ2n) is 4.74. The molecule has 3 nitrogen and oxygen atoms in total. The number of para-hydroxylation sites is 1. The van der Waals surface area contributed by atoms with E-state index in [0.29, 0.717) is 6.54 Å². The summed E-state index contributed by atoms with van der Waals surface area (Å²) in [4.78, 5) is 4.45. The van der Waals surface area contributed by atoms with E-state index in [0.717, 1.165) is 21.1 Å². The Morgan fingerprint density at radius 1 is 1.41 bits per heavy atom. The molecule has 90 valence electrons. The summed E-state index contributed by atoms with van der Waals surface area (Å²) in [5.41, 5.74) is 7.58. The van der Waals surface area contributed by atoms with Crippen molar-refractivity contribution in [3.63, 3.8) is 0 Å². The van der Waals surface area contributed by atoms with E-state index in [9.17, 15) is 0 Å². The Labute approximate surface area is 110 Å². The van der Waals surface area contributed by atoms with Crippen LogP contribution in [0.2, 0.25) is 0 Å². The molecule has 0 bridgehead atoms. The first-order valence-electron chi connectivity index (χ1n) is 5.54. The molecule has 2 rings (SSSR count). The largest absolute Gasteiger partial charge is 0.377 e. The van der Waals surface area contributed by atoms with Gasteiger partial charge in [-0.1, -0.05) is 12.1 Å². The quantitative estimate of drug-likeness (QED) is 0.914. The summed E-state index contributed by atoms with van der Waals surface area (Å²) in [6.07, 6.45) is 1.81. The molecule has 0 amide bonds. The number of benzene rings is 1. The summed E-state index contributed by atoms with van der Waals surface area (Å²) in [5.74, 6) is 0. The van der Waals surface area contributed by atoms with Gasteiger partial charge in [0.15, 0.2) is 0 Å². The van der Waals surface area contributed by atoms with Gasteiger partial charge in [0, 0.05) is 28.1 Å². The van der Waals surface area contributed by atoms with Crippen LogP contribution in [0.15, 0.2) is 34.9 Å². The maximum Gasteiger partial charge on any atom is 0.0934 e. The molecule has 0 saturated heterocycles. The summed E-state index contributed by atoms with van der Waals surface area (Å²) in [5, 5.41) is 4.54. The van der Waals surface area contributed by atoms with Crippen molar-refractivity contribution in [3.05, 3.63) is 34.9 Å². The zero-order valence-electron chi connectivity index (χ0n) is 10.00. The van der Waals surface area contributed by atoms with E-state index in [2.05, 4.69) is 46.1 Å². The maximum atomic E-state index is 5.73. The molecule has 0 saturated carbocycles. The molecule has 0 aliphatic heterocycles. The van der Waals surface area contributed by atoms with Crippen molar-refractivity contribution >= 4 is 32.5 Å². The molecule has 17 heavy (non-hydrogen) atoms. The van der Waals surface area contributed by atoms with Crippen LogP contribution in [0.3, 0.4) is 0 Å². The lowest BCUT2D eigenvalue weighted by molar-refractivity contribution is 0.581. The van der Waals surface area contributed by atoms with E-state index in [1.54, 1.807) is 0 Å². The lowest BCUT2D eigenvalue weighted by atomic mass is 10.0. The Kier molecular flexibility index (Phi) is 3.35. The highest BCUT2D eigenvalue weighted by atomic mass is 79.9. The zero-order chi connectivity index (χ0) is 12.5. The number of aromatic nitrogens is 1. The first kappa shape index (κ1) is 12.3. The number of rotatable bonds is 3. The summed E-state index contributed by atoms with van der Waals surface area (Å²) in [6.45, 7) is 4.72. The molecule has 0 aliphatic rings. The highest BCUT2D eigenvalue weighted by molar-refractivity contribution is 9.10. The number of hydrogen-bond acceptors (Lipinski definition) is 3. The summed E-state index contributed by atoms with van der Waals surface area (Å²) < 4.78 is 0.986. The topological polar surface area (TPSA) is 50.9 Å². The first-order valence-corrected chi connectivity index (χ1v) is 6.34. The molecule has 1 heterocycles. The normalized spacial score (nSPS) is 11.8. The van der Waals surface area contributed by atoms with Crippen molar-refractivity contribution < 1.29 is 0 Å². The highest BCUT2D eigenvalue weighted by Crippen LogP contribution is 2.25. The lowest BCUT2D eigenvalue weighted by Gasteiger charge is -2.26. The average molecular weight is 294 g/mol. The molecule has 0 unspecified atom stereocenters. The fourth-order valence-electron chi connectivity index (χ4n) is 1.65. The molecule has 1 aromatic heterocycles. The third-order valence-corrected chi connectivity index (χ3v) is 3.09. The van der Waals surface area contributed by atoms with E-state index in [-0.39, 0.29) is 5.54 Å². The van der Waals surface area contributed by atoms with E-state index < -0.39 is 0 Å². The minimum absolute atomic E-state index is 0.136. The highest BCUT2D eigenvalue weighted by Gasteiger charge is 2.16. The molecule has 0 fully saturated rings. The Balaban J connectivity index is 2.48. The number of anilines is 1. The van der Waals surface area contributed by atoms with Crippen molar-refractivity contribution in [1.82, 2.24) is 4.98 Å². The monoisotopic (exact) mass is 293 g/mol. The number of pyridine rings is 1. The Morgan fingerprint density at radius 2 is 2.18 bits per heavy atom. The van der Waals surface area contributed by atoms with Crippen LogP contribution in [0, 0.1) is 0 Å². The number of halogens is 1. The molecule has 0 aliphatic carbocycles. The Bertz CT molecular complexity index is 537. The second kappa shape index (κ2) is 4.63. The van der Waals surface area contributed by atoms with E-state index in [4.69, 9.17) is 5.73 Å². The second-order valence-corrected chi connectivity index (χ2v) is 5.66. The van der Waals surface area contributed by atoms with Crippen LogP contribution in [0.5, 0.6) is 0 Å². The smallest absolute Gasteiger partial charge is 0.0934 e. The minimum Gasteiger partial charge on any atom is -0.377 e. The Morgan fingerprint density at radius 3 is 2.88 bits per heavy atom. The van der Waals surface area contributed by atoms with Crippen molar-refractivity contribution in [3.8, 4) is 0 Å². The zero-order valence-corrected chi connectivity index (χ0v) is 11.6. The van der Waals surface area contributed by atoms with Gasteiger partial charge in [-0.25, -0.2) is 0 Å². The first-order chi connectivity index (χ1) is 8.02. The summed E-state index contributed by atoms with van der Waals surface area (Å²) >= 11 is 3.43. The fraction of sp³-hybridized carbons (Fsp3) is 0.308. The molecule has 0 spiro atoms. The number of nitrogens with zero attached hydrogens (tertiary/aromatic N) is 1.